The van der Waals surface area contributed by atoms with Gasteiger partial charge >= 0.3 is 30.9 Å². The van der Waals surface area contributed by atoms with E-state index in [9.17, 15) is 9.59 Å². The Hall–Kier alpha value is -0.703. The van der Waals surface area contributed by atoms with Crippen molar-refractivity contribution in [3.05, 3.63) is 0 Å². The van der Waals surface area contributed by atoms with Crippen LogP contribution in [-0.2, 0) is 9.53 Å². The Morgan fingerprint density at radius 2 is 1.94 bits per heavy atom. The predicted molar refractivity (Wildman–Crippen MR) is 57.9 cm³/mol. The van der Waals surface area contributed by atoms with Gasteiger partial charge in [0.15, 0.2) is 6.04 Å². The minimum Gasteiger partial charge on any atom is -1.00 e. The monoisotopic (exact) mass is 238 g/mol. The fourth-order valence-corrected chi connectivity index (χ4v) is 1.58. The number of carboxylic acids is 1. The molecule has 7 heteroatoms. The van der Waals surface area contributed by atoms with Crippen molar-refractivity contribution >= 4 is 12.1 Å². The first-order chi connectivity index (χ1) is 7.22. The van der Waals surface area contributed by atoms with E-state index in [1.807, 2.05) is 0 Å². The molecule has 1 N–H and O–H groups in total. The van der Waals surface area contributed by atoms with Crippen molar-refractivity contribution in [3.63, 3.8) is 0 Å². The molecule has 0 saturated carbocycles. The molecule has 1 fully saturated rings. The van der Waals surface area contributed by atoms with E-state index in [0.717, 1.165) is 5.01 Å². The topological polar surface area (TPSA) is 70.1 Å². The summed E-state index contributed by atoms with van der Waals surface area (Å²) in [5.74, 6) is -1.00. The second kappa shape index (κ2) is 5.76. The molecule has 1 aliphatic heterocycles. The summed E-state index contributed by atoms with van der Waals surface area (Å²) in [5, 5.41) is 11.7. The van der Waals surface area contributed by atoms with Crippen LogP contribution in [0.3, 0.4) is 0 Å². The van der Waals surface area contributed by atoms with E-state index in [1.165, 1.54) is 0 Å². The summed E-state index contributed by atoms with van der Waals surface area (Å²) in [6.07, 6.45) is -0.190. The molecule has 1 atom stereocenters. The average Bonchev–Trinajstić information content (AvgIpc) is 2.43. The number of carbonyl (C=O) groups is 2. The zero-order chi connectivity index (χ0) is 12.5. The van der Waals surface area contributed by atoms with Crippen LogP contribution in [0.1, 0.15) is 28.6 Å². The van der Waals surface area contributed by atoms with Crippen molar-refractivity contribution in [2.24, 2.45) is 0 Å². The molecule has 6 nitrogen and oxygen atoms in total. The average molecular weight is 238 g/mol. The number of hydrogen-bond acceptors (Lipinski definition) is 4. The molecule has 17 heavy (non-hydrogen) atoms. The van der Waals surface area contributed by atoms with Gasteiger partial charge in [0, 0.05) is 13.6 Å². The summed E-state index contributed by atoms with van der Waals surface area (Å²) in [7, 11) is 1.67. The molecule has 0 aromatic carbocycles. The van der Waals surface area contributed by atoms with E-state index in [1.54, 1.807) is 32.8 Å². The van der Waals surface area contributed by atoms with Crippen LogP contribution in [0, 0.1) is 0 Å². The maximum Gasteiger partial charge on any atom is 1.00 e. The molecular weight excluding hydrogens is 219 g/mol. The molecule has 1 rings (SSSR count). The maximum atomic E-state index is 11.8. The Kier molecular flexibility index (Phi) is 5.52. The third-order valence-corrected chi connectivity index (χ3v) is 2.25. The number of ether oxygens (including phenoxy) is 1. The van der Waals surface area contributed by atoms with E-state index in [4.69, 9.17) is 9.84 Å². The smallest absolute Gasteiger partial charge is 1.00 e. The molecule has 0 aliphatic carbocycles. The number of hydrazine groups is 1. The van der Waals surface area contributed by atoms with Gasteiger partial charge in [-0.3, -0.25) is 0 Å². The molecule has 1 aliphatic rings. The number of aliphatic carboxylic acids is 1. The quantitative estimate of drug-likeness (QED) is 0.537. The number of rotatable bonds is 1. The van der Waals surface area contributed by atoms with Gasteiger partial charge in [-0.1, -0.05) is 0 Å². The van der Waals surface area contributed by atoms with Crippen molar-refractivity contribution in [1.29, 1.82) is 0 Å². The molecule has 0 unspecified atom stereocenters. The second-order valence-corrected chi connectivity index (χ2v) is 4.85. The van der Waals surface area contributed by atoms with Crippen LogP contribution in [0.5, 0.6) is 0 Å². The Balaban J connectivity index is 0. The van der Waals surface area contributed by atoms with Crippen LogP contribution in [0.25, 0.3) is 0 Å². The minimum atomic E-state index is -1.00. The fraction of sp³-hybridized carbons (Fsp3) is 0.800. The largest absolute Gasteiger partial charge is 1.00 e. The standard InChI is InChI=1S/C10H18N2O4.Li.H/c1-10(2,3)16-9(15)12-7(8(13)14)5-6-11(12)4;;/h7H,5-6H2,1-4H3,(H,13,14);;/q;+1;-1/t7-;;/m0../s1. The number of carbonyl (C=O) groups excluding carboxylic acids is 1. The third-order valence-electron chi connectivity index (χ3n) is 2.25. The number of nitrogens with zero attached hydrogens (tertiary/aromatic N) is 2. The minimum absolute atomic E-state index is 0. The first-order valence-corrected chi connectivity index (χ1v) is 5.18. The van der Waals surface area contributed by atoms with Gasteiger partial charge in [-0.25, -0.2) is 19.6 Å². The fourth-order valence-electron chi connectivity index (χ4n) is 1.58. The van der Waals surface area contributed by atoms with Crippen molar-refractivity contribution in [2.45, 2.75) is 38.8 Å². The van der Waals surface area contributed by atoms with Crippen LogP contribution >= 0.6 is 0 Å². The van der Waals surface area contributed by atoms with Crippen molar-refractivity contribution < 1.29 is 39.7 Å². The van der Waals surface area contributed by atoms with E-state index < -0.39 is 23.7 Å². The van der Waals surface area contributed by atoms with E-state index in [2.05, 4.69) is 0 Å². The van der Waals surface area contributed by atoms with Crippen LogP contribution in [0.15, 0.2) is 0 Å². The Morgan fingerprint density at radius 1 is 1.41 bits per heavy atom. The summed E-state index contributed by atoms with van der Waals surface area (Å²) in [6.45, 7) is 5.78. The Morgan fingerprint density at radius 3 is 2.35 bits per heavy atom. The van der Waals surface area contributed by atoms with Crippen molar-refractivity contribution in [1.82, 2.24) is 10.0 Å². The van der Waals surface area contributed by atoms with Crippen LogP contribution in [-0.4, -0.2) is 52.4 Å². The molecule has 0 aromatic rings. The summed E-state index contributed by atoms with van der Waals surface area (Å²) in [5.41, 5.74) is -0.621. The van der Waals surface area contributed by atoms with Gasteiger partial charge in [0.25, 0.3) is 0 Å². The Bertz CT molecular complexity index is 309. The van der Waals surface area contributed by atoms with Crippen LogP contribution < -0.4 is 18.9 Å². The van der Waals surface area contributed by atoms with Gasteiger partial charge < -0.3 is 11.3 Å². The van der Waals surface area contributed by atoms with Crippen LogP contribution in [0.2, 0.25) is 0 Å². The summed E-state index contributed by atoms with van der Waals surface area (Å²) in [6, 6.07) is -0.820. The van der Waals surface area contributed by atoms with Gasteiger partial charge in [-0.05, 0) is 27.2 Å². The number of hydrogen-bond donors (Lipinski definition) is 1. The van der Waals surface area contributed by atoms with Gasteiger partial charge in [0.05, 0.1) is 0 Å². The van der Waals surface area contributed by atoms with Gasteiger partial charge in [-0.2, -0.15) is 0 Å². The van der Waals surface area contributed by atoms with E-state index >= 15 is 0 Å². The zero-order valence-corrected chi connectivity index (χ0v) is 11.1. The first kappa shape index (κ1) is 16.3. The van der Waals surface area contributed by atoms with Crippen molar-refractivity contribution in [2.75, 3.05) is 13.6 Å². The molecule has 0 bridgehead atoms. The Labute approximate surface area is 115 Å². The molecule has 1 amide bonds. The first-order valence-electron chi connectivity index (χ1n) is 5.18. The number of amides is 1. The predicted octanol–water partition coefficient (Wildman–Crippen LogP) is -1.96. The zero-order valence-electron chi connectivity index (χ0n) is 12.1. The second-order valence-electron chi connectivity index (χ2n) is 4.85. The summed E-state index contributed by atoms with van der Waals surface area (Å²) in [4.78, 5) is 22.7. The van der Waals surface area contributed by atoms with Gasteiger partial charge in [0.2, 0.25) is 0 Å². The van der Waals surface area contributed by atoms with Gasteiger partial charge in [-0.15, -0.1) is 0 Å². The molecule has 1 heterocycles. The molecule has 0 radical (unpaired) electrons. The molecule has 0 aromatic heterocycles. The van der Waals surface area contributed by atoms with E-state index in [0.29, 0.717) is 13.0 Å². The summed E-state index contributed by atoms with van der Waals surface area (Å²) >= 11 is 0. The van der Waals surface area contributed by atoms with Crippen LogP contribution in [0.4, 0.5) is 4.79 Å². The maximum absolute atomic E-state index is 11.8. The number of carboxylic acid groups (broad SMARTS) is 1. The SMILES string of the molecule is CN1CC[C@@H](C(=O)O)N1C(=O)OC(C)(C)C.[H-].[Li+]. The third kappa shape index (κ3) is 4.23. The molecule has 0 spiro atoms. The normalized spacial score (nSPS) is 20.9. The molecule has 94 valence electrons. The summed E-state index contributed by atoms with van der Waals surface area (Å²) < 4.78 is 5.15. The van der Waals surface area contributed by atoms with Gasteiger partial charge in [0.1, 0.15) is 5.60 Å². The van der Waals surface area contributed by atoms with Crippen molar-refractivity contribution in [3.8, 4) is 0 Å². The molecular formula is C10H19LiN2O4. The molecule has 1 saturated heterocycles. The van der Waals surface area contributed by atoms with E-state index in [-0.39, 0.29) is 20.3 Å².